The lowest BCUT2D eigenvalue weighted by Gasteiger charge is -2.52. The highest BCUT2D eigenvalue weighted by atomic mass is 79.9. The van der Waals surface area contributed by atoms with Gasteiger partial charge in [0.1, 0.15) is 11.0 Å². The summed E-state index contributed by atoms with van der Waals surface area (Å²) in [7, 11) is 0. The third-order valence-electron chi connectivity index (χ3n) is 8.43. The molecule has 2 aromatic heterocycles. The number of nitrogens with zero attached hydrogens (tertiary/aromatic N) is 4. The molecule has 0 aromatic carbocycles. The maximum absolute atomic E-state index is 13.0. The molecule has 2 aromatic rings. The number of aromatic nitrogens is 3. The van der Waals surface area contributed by atoms with Gasteiger partial charge in [-0.3, -0.25) is 14.6 Å². The molecule has 0 radical (unpaired) electrons. The first kappa shape index (κ1) is 28.3. The Morgan fingerprint density at radius 3 is 2.53 bits per heavy atom. The molecular formula is C27H41BrN6O2. The fourth-order valence-corrected chi connectivity index (χ4v) is 5.63. The third kappa shape index (κ3) is 6.54. The van der Waals surface area contributed by atoms with Gasteiger partial charge in [-0.25, -0.2) is 4.68 Å². The molecule has 8 nitrogen and oxygen atoms in total. The molecule has 1 aliphatic rings. The van der Waals surface area contributed by atoms with Gasteiger partial charge in [-0.15, -0.1) is 0 Å². The topological polar surface area (TPSA) is 92.2 Å². The first-order valence-electron chi connectivity index (χ1n) is 13.0. The van der Waals surface area contributed by atoms with Crippen LogP contribution in [0.4, 0.5) is 5.69 Å². The van der Waals surface area contributed by atoms with Gasteiger partial charge in [-0.1, -0.05) is 41.5 Å². The molecule has 0 saturated heterocycles. The second-order valence-corrected chi connectivity index (χ2v) is 11.4. The standard InChI is InChI=1S/C27H41BrN6O2/c1-7-33(8-2)16-21-19(4)27(5,6)18(3)13-22(21)32-23-15-31-34(26(36)25(23)28)17-24(35)30-14-20-9-11-29-12-10-20/h9-12,15,18-19,21-22,32H,7-8,13-14,16-17H2,1-6H3,(H,30,35)/t18-,19+,21+,22+/m0/s1. The first-order chi connectivity index (χ1) is 17.1. The number of halogens is 1. The quantitative estimate of drug-likeness (QED) is 0.453. The van der Waals surface area contributed by atoms with Crippen LogP contribution >= 0.6 is 15.9 Å². The van der Waals surface area contributed by atoms with Crippen molar-refractivity contribution in [3.63, 3.8) is 0 Å². The number of nitrogens with one attached hydrogen (secondary N) is 2. The zero-order chi connectivity index (χ0) is 26.5. The molecule has 0 aliphatic heterocycles. The Morgan fingerprint density at radius 2 is 1.89 bits per heavy atom. The second-order valence-electron chi connectivity index (χ2n) is 10.6. The van der Waals surface area contributed by atoms with E-state index in [0.29, 0.717) is 34.5 Å². The van der Waals surface area contributed by atoms with Gasteiger partial charge in [-0.05, 0) is 76.3 Å². The summed E-state index contributed by atoms with van der Waals surface area (Å²) in [5, 5.41) is 10.8. The van der Waals surface area contributed by atoms with Crippen LogP contribution in [0.25, 0.3) is 0 Å². The number of carbonyl (C=O) groups is 1. The van der Waals surface area contributed by atoms with Crippen molar-refractivity contribution in [1.82, 2.24) is 25.0 Å². The number of hydrogen-bond donors (Lipinski definition) is 2. The lowest BCUT2D eigenvalue weighted by atomic mass is 9.57. The lowest BCUT2D eigenvalue weighted by Crippen LogP contribution is -2.52. The molecule has 1 saturated carbocycles. The molecule has 3 rings (SSSR count). The van der Waals surface area contributed by atoms with Crippen LogP contribution in [0.5, 0.6) is 0 Å². The van der Waals surface area contributed by atoms with Crippen molar-refractivity contribution in [2.24, 2.45) is 23.2 Å². The van der Waals surface area contributed by atoms with Crippen LogP contribution in [-0.4, -0.2) is 51.2 Å². The van der Waals surface area contributed by atoms with Crippen molar-refractivity contribution in [2.45, 2.75) is 67.1 Å². The predicted molar refractivity (Wildman–Crippen MR) is 148 cm³/mol. The number of rotatable bonds is 10. The van der Waals surface area contributed by atoms with Gasteiger partial charge in [0.2, 0.25) is 5.91 Å². The highest BCUT2D eigenvalue weighted by Gasteiger charge is 2.46. The zero-order valence-electron chi connectivity index (χ0n) is 22.4. The molecule has 2 N–H and O–H groups in total. The van der Waals surface area contributed by atoms with Gasteiger partial charge in [-0.2, -0.15) is 5.10 Å². The number of carbonyl (C=O) groups excluding carboxylic acids is 1. The van der Waals surface area contributed by atoms with Crippen LogP contribution in [0.2, 0.25) is 0 Å². The van der Waals surface area contributed by atoms with Crippen LogP contribution in [0.15, 0.2) is 40.0 Å². The minimum absolute atomic E-state index is 0.140. The van der Waals surface area contributed by atoms with Gasteiger partial charge in [0.15, 0.2) is 0 Å². The van der Waals surface area contributed by atoms with E-state index in [1.165, 1.54) is 4.68 Å². The summed E-state index contributed by atoms with van der Waals surface area (Å²) in [6.07, 6.45) is 6.04. The Kier molecular flexibility index (Phi) is 9.69. The highest BCUT2D eigenvalue weighted by molar-refractivity contribution is 9.10. The van der Waals surface area contributed by atoms with Crippen molar-refractivity contribution in [2.75, 3.05) is 25.0 Å². The predicted octanol–water partition coefficient (Wildman–Crippen LogP) is 4.16. The van der Waals surface area contributed by atoms with Crippen LogP contribution in [0.3, 0.4) is 0 Å². The Balaban J connectivity index is 1.74. The molecule has 0 unspecified atom stereocenters. The molecule has 0 spiro atoms. The van der Waals surface area contributed by atoms with Crippen molar-refractivity contribution in [3.8, 4) is 0 Å². The smallest absolute Gasteiger partial charge is 0.283 e. The van der Waals surface area contributed by atoms with Crippen molar-refractivity contribution < 1.29 is 4.79 Å². The van der Waals surface area contributed by atoms with E-state index in [2.05, 4.69) is 83.1 Å². The van der Waals surface area contributed by atoms with E-state index in [4.69, 9.17) is 0 Å². The largest absolute Gasteiger partial charge is 0.380 e. The molecule has 0 bridgehead atoms. The van der Waals surface area contributed by atoms with E-state index < -0.39 is 0 Å². The highest BCUT2D eigenvalue weighted by Crippen LogP contribution is 2.48. The molecule has 198 valence electrons. The Hall–Kier alpha value is -2.26. The van der Waals surface area contributed by atoms with E-state index >= 15 is 0 Å². The van der Waals surface area contributed by atoms with E-state index in [-0.39, 0.29) is 29.5 Å². The molecule has 1 fully saturated rings. The van der Waals surface area contributed by atoms with E-state index in [0.717, 1.165) is 31.6 Å². The summed E-state index contributed by atoms with van der Waals surface area (Å²) in [5.74, 6) is 1.21. The van der Waals surface area contributed by atoms with Gasteiger partial charge >= 0.3 is 0 Å². The molecule has 36 heavy (non-hydrogen) atoms. The van der Waals surface area contributed by atoms with Crippen molar-refractivity contribution in [3.05, 3.63) is 51.1 Å². The number of pyridine rings is 1. The number of amides is 1. The molecule has 9 heteroatoms. The van der Waals surface area contributed by atoms with Crippen LogP contribution in [0.1, 0.15) is 53.5 Å². The van der Waals surface area contributed by atoms with Gasteiger partial charge < -0.3 is 15.5 Å². The Bertz CT molecular complexity index is 1070. The summed E-state index contributed by atoms with van der Waals surface area (Å²) in [5.41, 5.74) is 1.54. The van der Waals surface area contributed by atoms with E-state index in [1.54, 1.807) is 18.6 Å². The zero-order valence-corrected chi connectivity index (χ0v) is 24.0. The van der Waals surface area contributed by atoms with E-state index in [1.807, 2.05) is 12.1 Å². The fourth-order valence-electron chi connectivity index (χ4n) is 5.21. The lowest BCUT2D eigenvalue weighted by molar-refractivity contribution is -0.122. The minimum Gasteiger partial charge on any atom is -0.380 e. The Morgan fingerprint density at radius 1 is 1.22 bits per heavy atom. The maximum atomic E-state index is 13.0. The van der Waals surface area contributed by atoms with Crippen LogP contribution < -0.4 is 16.2 Å². The molecule has 4 atom stereocenters. The summed E-state index contributed by atoms with van der Waals surface area (Å²) >= 11 is 3.49. The monoisotopic (exact) mass is 560 g/mol. The van der Waals surface area contributed by atoms with E-state index in [9.17, 15) is 9.59 Å². The SMILES string of the molecule is CCN(CC)C[C@@H]1[C@@H](C)C(C)(C)[C@@H](C)C[C@H]1Nc1cnn(CC(=O)NCc2ccncc2)c(=O)c1Br. The fraction of sp³-hybridized carbons (Fsp3) is 0.630. The normalized spacial score (nSPS) is 23.4. The summed E-state index contributed by atoms with van der Waals surface area (Å²) in [6, 6.07) is 3.90. The first-order valence-corrected chi connectivity index (χ1v) is 13.8. The van der Waals surface area contributed by atoms with Crippen molar-refractivity contribution >= 4 is 27.5 Å². The molecular weight excluding hydrogens is 520 g/mol. The van der Waals surface area contributed by atoms with Gasteiger partial charge in [0, 0.05) is 31.5 Å². The average Bonchev–Trinajstić information content (AvgIpc) is 2.87. The number of anilines is 1. The van der Waals surface area contributed by atoms with Gasteiger partial charge in [0.25, 0.3) is 5.56 Å². The third-order valence-corrected chi connectivity index (χ3v) is 9.20. The minimum atomic E-state index is -0.323. The van der Waals surface area contributed by atoms with Gasteiger partial charge in [0.05, 0.1) is 11.9 Å². The second kappa shape index (κ2) is 12.3. The molecule has 1 aliphatic carbocycles. The number of hydrogen-bond acceptors (Lipinski definition) is 6. The molecule has 1 amide bonds. The average molecular weight is 562 g/mol. The van der Waals surface area contributed by atoms with Crippen molar-refractivity contribution in [1.29, 1.82) is 0 Å². The maximum Gasteiger partial charge on any atom is 0.283 e. The summed E-state index contributed by atoms with van der Waals surface area (Å²) in [4.78, 5) is 31.9. The molecule has 2 heterocycles. The van der Waals surface area contributed by atoms with Crippen LogP contribution in [0, 0.1) is 23.2 Å². The summed E-state index contributed by atoms with van der Waals surface area (Å²) < 4.78 is 1.60. The summed E-state index contributed by atoms with van der Waals surface area (Å²) in [6.45, 7) is 17.2. The Labute approximate surface area is 223 Å². The van der Waals surface area contributed by atoms with Crippen LogP contribution in [-0.2, 0) is 17.9 Å².